The Hall–Kier alpha value is -3.97. The van der Waals surface area contributed by atoms with E-state index in [1.54, 1.807) is 7.11 Å². The summed E-state index contributed by atoms with van der Waals surface area (Å²) in [6.07, 6.45) is 0. The molecule has 0 aliphatic rings. The summed E-state index contributed by atoms with van der Waals surface area (Å²) in [5.74, 6) is 0.749. The van der Waals surface area contributed by atoms with E-state index in [9.17, 15) is 4.79 Å². The van der Waals surface area contributed by atoms with Gasteiger partial charge in [0, 0.05) is 5.56 Å². The fourth-order valence-electron chi connectivity index (χ4n) is 4.00. The van der Waals surface area contributed by atoms with Gasteiger partial charge in [-0.2, -0.15) is 4.68 Å². The lowest BCUT2D eigenvalue weighted by Crippen LogP contribution is -2.19. The monoisotopic (exact) mass is 468 g/mol. The molecule has 0 spiro atoms. The van der Waals surface area contributed by atoms with Gasteiger partial charge in [0.25, 0.3) is 5.56 Å². The smallest absolute Gasteiger partial charge is 0.283 e. The fraction of sp³-hybridized carbons (Fsp3) is 0.148. The molecule has 34 heavy (non-hydrogen) atoms. The molecule has 0 bridgehead atoms. The van der Waals surface area contributed by atoms with Crippen molar-refractivity contribution in [3.63, 3.8) is 0 Å². The number of fused-ring (bicyclic) bond motifs is 1. The van der Waals surface area contributed by atoms with Crippen molar-refractivity contribution >= 4 is 33.0 Å². The second-order valence-electron chi connectivity index (χ2n) is 8.18. The van der Waals surface area contributed by atoms with Gasteiger partial charge in [-0.15, -0.1) is 0 Å². The van der Waals surface area contributed by atoms with Crippen molar-refractivity contribution in [2.75, 3.05) is 7.11 Å². The second kappa shape index (κ2) is 8.76. The maximum absolute atomic E-state index is 13.7. The van der Waals surface area contributed by atoms with Gasteiger partial charge in [0.15, 0.2) is 0 Å². The molecule has 0 saturated heterocycles. The lowest BCUT2D eigenvalue weighted by molar-refractivity contribution is 0.415. The Labute approximate surface area is 201 Å². The van der Waals surface area contributed by atoms with Gasteiger partial charge in [-0.1, -0.05) is 41.2 Å². The zero-order chi connectivity index (χ0) is 23.8. The maximum Gasteiger partial charge on any atom is 0.283 e. The molecular formula is C27H24N4O2S. The molecule has 5 rings (SSSR count). The first-order valence-electron chi connectivity index (χ1n) is 10.9. The Balaban J connectivity index is 1.71. The van der Waals surface area contributed by atoms with Gasteiger partial charge in [0.2, 0.25) is 5.13 Å². The van der Waals surface area contributed by atoms with Crippen LogP contribution in [-0.2, 0) is 0 Å². The van der Waals surface area contributed by atoms with E-state index in [4.69, 9.17) is 9.73 Å². The molecule has 5 aromatic rings. The predicted molar refractivity (Wildman–Crippen MR) is 139 cm³/mol. The van der Waals surface area contributed by atoms with E-state index in [1.807, 2.05) is 74.5 Å². The van der Waals surface area contributed by atoms with Crippen LogP contribution in [0.5, 0.6) is 5.75 Å². The van der Waals surface area contributed by atoms with Gasteiger partial charge in [-0.05, 0) is 68.8 Å². The van der Waals surface area contributed by atoms with Crippen LogP contribution >= 0.6 is 11.3 Å². The van der Waals surface area contributed by atoms with Crippen LogP contribution < -0.4 is 10.3 Å². The van der Waals surface area contributed by atoms with Crippen LogP contribution in [0.4, 0.5) is 5.69 Å². The molecule has 2 heterocycles. The minimum atomic E-state index is -0.184. The number of H-pyrrole nitrogens is 1. The second-order valence-corrected chi connectivity index (χ2v) is 9.19. The molecule has 1 N–H and O–H groups in total. The number of hydrogen-bond acceptors (Lipinski definition) is 5. The third kappa shape index (κ3) is 3.95. The number of rotatable bonds is 5. The topological polar surface area (TPSA) is 72.3 Å². The molecule has 2 aromatic heterocycles. The van der Waals surface area contributed by atoms with Crippen LogP contribution in [0.1, 0.15) is 23.6 Å². The van der Waals surface area contributed by atoms with Gasteiger partial charge in [-0.25, -0.2) is 4.98 Å². The normalized spacial score (nSPS) is 11.8. The minimum absolute atomic E-state index is 0.184. The number of para-hydroxylation sites is 1. The van der Waals surface area contributed by atoms with E-state index in [2.05, 4.69) is 23.1 Å². The number of ether oxygens (including phenoxy) is 1. The van der Waals surface area contributed by atoms with Crippen molar-refractivity contribution in [3.8, 4) is 22.1 Å². The summed E-state index contributed by atoms with van der Waals surface area (Å²) in [4.78, 5) is 23.2. The fourth-order valence-corrected chi connectivity index (χ4v) is 4.92. The summed E-state index contributed by atoms with van der Waals surface area (Å²) in [5, 5.41) is 3.89. The first-order chi connectivity index (χ1) is 16.4. The van der Waals surface area contributed by atoms with Gasteiger partial charge >= 0.3 is 0 Å². The summed E-state index contributed by atoms with van der Waals surface area (Å²) >= 11 is 1.47. The zero-order valence-corrected chi connectivity index (χ0v) is 20.2. The molecule has 0 fully saturated rings. The first kappa shape index (κ1) is 21.9. The van der Waals surface area contributed by atoms with Crippen molar-refractivity contribution in [3.05, 3.63) is 93.8 Å². The number of aryl methyl sites for hydroxylation is 2. The Kier molecular flexibility index (Phi) is 5.63. The lowest BCUT2D eigenvalue weighted by Gasteiger charge is -2.06. The molecule has 0 aliphatic heterocycles. The molecule has 0 saturated carbocycles. The molecule has 170 valence electrons. The highest BCUT2D eigenvalue weighted by Gasteiger charge is 2.21. The quantitative estimate of drug-likeness (QED) is 0.312. The molecule has 0 aliphatic carbocycles. The number of nitrogens with zero attached hydrogens (tertiary/aromatic N) is 3. The highest BCUT2D eigenvalue weighted by molar-refractivity contribution is 7.20. The van der Waals surface area contributed by atoms with E-state index >= 15 is 0 Å². The Morgan fingerprint density at radius 1 is 1.06 bits per heavy atom. The van der Waals surface area contributed by atoms with E-state index in [1.165, 1.54) is 21.6 Å². The molecule has 0 radical (unpaired) electrons. The number of hydrogen-bond donors (Lipinski definition) is 1. The number of aliphatic imine (C=N–C) groups is 1. The van der Waals surface area contributed by atoms with E-state index < -0.39 is 0 Å². The molecular weight excluding hydrogens is 444 g/mol. The van der Waals surface area contributed by atoms with Gasteiger partial charge < -0.3 is 4.74 Å². The summed E-state index contributed by atoms with van der Waals surface area (Å²) in [5.41, 5.74) is 6.47. The van der Waals surface area contributed by atoms with E-state index in [0.717, 1.165) is 32.8 Å². The summed E-state index contributed by atoms with van der Waals surface area (Å²) in [6, 6.07) is 21.6. The van der Waals surface area contributed by atoms with E-state index in [-0.39, 0.29) is 5.56 Å². The average Bonchev–Trinajstić information content (AvgIpc) is 3.41. The van der Waals surface area contributed by atoms with Gasteiger partial charge in [0.1, 0.15) is 5.75 Å². The minimum Gasteiger partial charge on any atom is -0.497 e. The number of methoxy groups -OCH3 is 1. The number of thiazole rings is 1. The van der Waals surface area contributed by atoms with Crippen LogP contribution in [-0.4, -0.2) is 27.6 Å². The van der Waals surface area contributed by atoms with Crippen molar-refractivity contribution < 1.29 is 4.74 Å². The summed E-state index contributed by atoms with van der Waals surface area (Å²) in [6.45, 7) is 5.96. The number of nitrogens with one attached hydrogen (secondary N) is 1. The highest BCUT2D eigenvalue weighted by Crippen LogP contribution is 2.28. The highest BCUT2D eigenvalue weighted by atomic mass is 32.1. The lowest BCUT2D eigenvalue weighted by atomic mass is 10.0. The maximum atomic E-state index is 13.7. The van der Waals surface area contributed by atoms with Crippen molar-refractivity contribution in [1.29, 1.82) is 0 Å². The molecule has 3 aromatic carbocycles. The van der Waals surface area contributed by atoms with Crippen LogP contribution in [0, 0.1) is 13.8 Å². The van der Waals surface area contributed by atoms with Crippen molar-refractivity contribution in [2.45, 2.75) is 20.8 Å². The largest absolute Gasteiger partial charge is 0.497 e. The number of aromatic amines is 1. The van der Waals surface area contributed by atoms with Crippen LogP contribution in [0.2, 0.25) is 0 Å². The van der Waals surface area contributed by atoms with Crippen LogP contribution in [0.15, 0.2) is 76.5 Å². The van der Waals surface area contributed by atoms with Gasteiger partial charge in [-0.3, -0.25) is 14.9 Å². The number of aromatic nitrogens is 3. The number of benzene rings is 3. The first-order valence-corrected chi connectivity index (χ1v) is 11.7. The third-order valence-electron chi connectivity index (χ3n) is 5.75. The van der Waals surface area contributed by atoms with Crippen LogP contribution in [0.25, 0.3) is 26.6 Å². The predicted octanol–water partition coefficient (Wildman–Crippen LogP) is 6.21. The average molecular weight is 469 g/mol. The third-order valence-corrected chi connectivity index (χ3v) is 6.77. The molecule has 6 nitrogen and oxygen atoms in total. The summed E-state index contributed by atoms with van der Waals surface area (Å²) < 4.78 is 7.84. The Morgan fingerprint density at radius 3 is 2.53 bits per heavy atom. The molecule has 0 unspecified atom stereocenters. The van der Waals surface area contributed by atoms with Gasteiger partial charge in [0.05, 0.1) is 40.0 Å². The SMILES string of the molecule is COc1ccc(-c2[nH]n(-c3nc4ccccc4s3)c(=O)c2C(C)=Nc2ccc(C)cc2C)cc1. The zero-order valence-electron chi connectivity index (χ0n) is 19.4. The molecule has 0 amide bonds. The Bertz CT molecular complexity index is 1560. The van der Waals surface area contributed by atoms with Crippen molar-refractivity contribution in [2.24, 2.45) is 4.99 Å². The van der Waals surface area contributed by atoms with E-state index in [0.29, 0.717) is 22.1 Å². The van der Waals surface area contributed by atoms with Crippen LogP contribution in [0.3, 0.4) is 0 Å². The summed E-state index contributed by atoms with van der Waals surface area (Å²) in [7, 11) is 1.63. The molecule has 0 atom stereocenters. The Morgan fingerprint density at radius 2 is 1.82 bits per heavy atom. The molecule has 7 heteroatoms. The standard InChI is InChI=1S/C27H24N4O2S/c1-16-9-14-21(17(2)15-16)28-18(3)24-25(19-10-12-20(33-4)13-11-19)30-31(26(24)32)27-29-22-7-5-6-8-23(22)34-27/h5-15,30H,1-4H3. The van der Waals surface area contributed by atoms with Crippen molar-refractivity contribution in [1.82, 2.24) is 14.8 Å².